The summed E-state index contributed by atoms with van der Waals surface area (Å²) in [7, 11) is 5.51. The molecule has 5 heteroatoms. The predicted molar refractivity (Wildman–Crippen MR) is 157 cm³/mol. The summed E-state index contributed by atoms with van der Waals surface area (Å²) in [5, 5.41) is 13.6. The number of methoxy groups -OCH3 is 2. The maximum Gasteiger partial charge on any atom is 0.162 e. The zero-order valence-corrected chi connectivity index (χ0v) is 23.1. The Kier molecular flexibility index (Phi) is 9.72. The molecule has 1 aliphatic rings. The fourth-order valence-corrected chi connectivity index (χ4v) is 5.41. The van der Waals surface area contributed by atoms with E-state index < -0.39 is 0 Å². The number of benzene rings is 3. The minimum absolute atomic E-state index is 0.349. The quantitative estimate of drug-likeness (QED) is 0.205. The van der Waals surface area contributed by atoms with Gasteiger partial charge in [0.15, 0.2) is 11.5 Å². The maximum atomic E-state index is 9.87. The third kappa shape index (κ3) is 7.11. The van der Waals surface area contributed by atoms with Gasteiger partial charge in [0.1, 0.15) is 5.75 Å². The summed E-state index contributed by atoms with van der Waals surface area (Å²) in [6, 6.07) is 19.0. The third-order valence-corrected chi connectivity index (χ3v) is 7.62. The Bertz CT molecular complexity index is 1210. The molecule has 0 radical (unpaired) electrons. The van der Waals surface area contributed by atoms with Crippen molar-refractivity contribution in [3.63, 3.8) is 0 Å². The molecule has 5 nitrogen and oxygen atoms in total. The van der Waals surface area contributed by atoms with Crippen LogP contribution in [0.5, 0.6) is 17.2 Å². The van der Waals surface area contributed by atoms with Crippen molar-refractivity contribution >= 4 is 5.69 Å². The minimum Gasteiger partial charge on any atom is -0.508 e. The smallest absolute Gasteiger partial charge is 0.162 e. The van der Waals surface area contributed by atoms with Crippen LogP contribution in [0.4, 0.5) is 5.69 Å². The fourth-order valence-electron chi connectivity index (χ4n) is 5.41. The molecule has 38 heavy (non-hydrogen) atoms. The highest BCUT2D eigenvalue weighted by atomic mass is 16.5. The molecule has 0 spiro atoms. The predicted octanol–water partition coefficient (Wildman–Crippen LogP) is 6.39. The van der Waals surface area contributed by atoms with Gasteiger partial charge in [-0.2, -0.15) is 0 Å². The van der Waals surface area contributed by atoms with Crippen LogP contribution in [0, 0.1) is 0 Å². The molecule has 1 atom stereocenters. The average molecular weight is 515 g/mol. The summed E-state index contributed by atoms with van der Waals surface area (Å²) < 4.78 is 11.3. The van der Waals surface area contributed by atoms with E-state index in [1.165, 1.54) is 27.8 Å². The zero-order chi connectivity index (χ0) is 26.9. The number of phenols is 1. The molecule has 2 N–H and O–H groups in total. The van der Waals surface area contributed by atoms with Crippen LogP contribution in [-0.4, -0.2) is 50.9 Å². The van der Waals surface area contributed by atoms with Gasteiger partial charge in [-0.05, 0) is 97.5 Å². The van der Waals surface area contributed by atoms with Crippen LogP contribution in [0.25, 0.3) is 0 Å². The largest absolute Gasteiger partial charge is 0.508 e. The number of aryl methyl sites for hydroxylation is 2. The number of fused-ring (bicyclic) bond motifs is 1. The normalized spacial score (nSPS) is 14.7. The first-order chi connectivity index (χ1) is 18.5. The lowest BCUT2D eigenvalue weighted by Crippen LogP contribution is -2.20. The number of ether oxygens (including phenoxy) is 2. The van der Waals surface area contributed by atoms with Crippen molar-refractivity contribution in [2.75, 3.05) is 46.2 Å². The number of nitrogens with one attached hydrogen (secondary N) is 1. The van der Waals surface area contributed by atoms with E-state index in [2.05, 4.69) is 66.3 Å². The summed E-state index contributed by atoms with van der Waals surface area (Å²) in [5.41, 5.74) is 7.71. The maximum absolute atomic E-state index is 9.87. The Hall–Kier alpha value is -3.44. The highest BCUT2D eigenvalue weighted by molar-refractivity contribution is 5.62. The molecule has 0 bridgehead atoms. The highest BCUT2D eigenvalue weighted by Gasteiger charge is 2.24. The van der Waals surface area contributed by atoms with E-state index >= 15 is 0 Å². The lowest BCUT2D eigenvalue weighted by atomic mass is 9.79. The Morgan fingerprint density at radius 2 is 1.68 bits per heavy atom. The summed E-state index contributed by atoms with van der Waals surface area (Å²) in [6.07, 6.45) is 8.03. The SMILES string of the molecule is C=CCN(C)CCc1ccc(CCCNc2cc(OC)c(OC)cc2C2CCc3cc(O)ccc3C2)cc1. The summed E-state index contributed by atoms with van der Waals surface area (Å²) in [4.78, 5) is 2.28. The van der Waals surface area contributed by atoms with Gasteiger partial charge in [-0.1, -0.05) is 36.4 Å². The Balaban J connectivity index is 1.38. The first kappa shape index (κ1) is 27.6. The number of aromatic hydroxyl groups is 1. The second-order valence-corrected chi connectivity index (χ2v) is 10.3. The molecule has 0 aliphatic heterocycles. The van der Waals surface area contributed by atoms with Crippen LogP contribution in [0.15, 0.2) is 67.3 Å². The molecule has 4 rings (SSSR count). The van der Waals surface area contributed by atoms with E-state index in [1.807, 2.05) is 12.1 Å². The highest BCUT2D eigenvalue weighted by Crippen LogP contribution is 2.42. The molecule has 1 unspecified atom stereocenters. The molecule has 3 aromatic carbocycles. The van der Waals surface area contributed by atoms with Gasteiger partial charge in [0, 0.05) is 31.4 Å². The van der Waals surface area contributed by atoms with Gasteiger partial charge < -0.3 is 24.8 Å². The first-order valence-corrected chi connectivity index (χ1v) is 13.7. The molecular weight excluding hydrogens is 472 g/mol. The van der Waals surface area contributed by atoms with E-state index in [0.29, 0.717) is 11.7 Å². The molecule has 0 amide bonds. The number of nitrogens with zero attached hydrogens (tertiary/aromatic N) is 1. The topological polar surface area (TPSA) is 54.0 Å². The van der Waals surface area contributed by atoms with Crippen LogP contribution in [-0.2, 0) is 25.7 Å². The van der Waals surface area contributed by atoms with Crippen molar-refractivity contribution in [1.82, 2.24) is 4.90 Å². The monoisotopic (exact) mass is 514 g/mol. The molecule has 3 aromatic rings. The van der Waals surface area contributed by atoms with Crippen molar-refractivity contribution in [3.05, 3.63) is 95.1 Å². The Morgan fingerprint density at radius 3 is 2.39 bits per heavy atom. The van der Waals surface area contributed by atoms with Crippen LogP contribution < -0.4 is 14.8 Å². The number of phenolic OH excluding ortho intramolecular Hbond substituents is 1. The van der Waals surface area contributed by atoms with Gasteiger partial charge in [0.25, 0.3) is 0 Å². The molecule has 0 saturated heterocycles. The van der Waals surface area contributed by atoms with Crippen molar-refractivity contribution in [1.29, 1.82) is 0 Å². The average Bonchev–Trinajstić information content (AvgIpc) is 2.94. The number of likely N-dealkylation sites (N-methyl/N-ethyl adjacent to an activating group) is 1. The molecule has 0 saturated carbocycles. The van der Waals surface area contributed by atoms with E-state index in [1.54, 1.807) is 20.3 Å². The molecule has 1 aliphatic carbocycles. The van der Waals surface area contributed by atoms with E-state index in [9.17, 15) is 5.11 Å². The van der Waals surface area contributed by atoms with Crippen LogP contribution in [0.2, 0.25) is 0 Å². The van der Waals surface area contributed by atoms with Gasteiger partial charge >= 0.3 is 0 Å². The van der Waals surface area contributed by atoms with Crippen LogP contribution in [0.3, 0.4) is 0 Å². The number of rotatable bonds is 13. The summed E-state index contributed by atoms with van der Waals surface area (Å²) in [5.74, 6) is 2.24. The first-order valence-electron chi connectivity index (χ1n) is 13.7. The van der Waals surface area contributed by atoms with Crippen molar-refractivity contribution < 1.29 is 14.6 Å². The van der Waals surface area contributed by atoms with Crippen molar-refractivity contribution in [2.45, 2.75) is 44.4 Å². The minimum atomic E-state index is 0.349. The Morgan fingerprint density at radius 1 is 0.974 bits per heavy atom. The third-order valence-electron chi connectivity index (χ3n) is 7.62. The summed E-state index contributed by atoms with van der Waals surface area (Å²) >= 11 is 0. The molecule has 0 heterocycles. The van der Waals surface area contributed by atoms with Gasteiger partial charge in [-0.15, -0.1) is 6.58 Å². The zero-order valence-electron chi connectivity index (χ0n) is 23.1. The number of hydrogen-bond acceptors (Lipinski definition) is 5. The van der Waals surface area contributed by atoms with Gasteiger partial charge in [-0.25, -0.2) is 0 Å². The summed E-state index contributed by atoms with van der Waals surface area (Å²) in [6.45, 7) is 6.66. The lowest BCUT2D eigenvalue weighted by molar-refractivity contribution is 0.354. The number of anilines is 1. The number of hydrogen-bond donors (Lipinski definition) is 2. The second-order valence-electron chi connectivity index (χ2n) is 10.3. The molecule has 202 valence electrons. The second kappa shape index (κ2) is 13.4. The Labute approximate surface area is 228 Å². The molecular formula is C33H42N2O3. The van der Waals surface area contributed by atoms with E-state index in [-0.39, 0.29) is 0 Å². The van der Waals surface area contributed by atoms with Gasteiger partial charge in [0.2, 0.25) is 0 Å². The van der Waals surface area contributed by atoms with Crippen LogP contribution >= 0.6 is 0 Å². The molecule has 0 aromatic heterocycles. The van der Waals surface area contributed by atoms with Gasteiger partial charge in [0.05, 0.1) is 14.2 Å². The van der Waals surface area contributed by atoms with Crippen LogP contribution in [0.1, 0.15) is 46.6 Å². The molecule has 0 fully saturated rings. The van der Waals surface area contributed by atoms with Gasteiger partial charge in [-0.3, -0.25) is 0 Å². The fraction of sp³-hybridized carbons (Fsp3) is 0.394. The van der Waals surface area contributed by atoms with E-state index in [0.717, 1.165) is 75.3 Å². The van der Waals surface area contributed by atoms with E-state index in [4.69, 9.17) is 9.47 Å². The lowest BCUT2D eigenvalue weighted by Gasteiger charge is -2.28. The standard InChI is InChI=1S/C33H42N2O3/c1-5-18-35(2)19-16-25-10-8-24(9-11-25)7-6-17-34-31-23-33(38-4)32(37-3)22-30(31)28-13-12-27-21-29(36)15-14-26(27)20-28/h5,8-11,14-15,21-23,28,34,36H,1,6-7,12-13,16-20H2,2-4H3. The van der Waals surface area contributed by atoms with Crippen molar-refractivity contribution in [2.24, 2.45) is 0 Å². The van der Waals surface area contributed by atoms with Crippen molar-refractivity contribution in [3.8, 4) is 17.2 Å².